The van der Waals surface area contributed by atoms with E-state index < -0.39 is 11.9 Å². The van der Waals surface area contributed by atoms with Crippen LogP contribution in [0, 0.1) is 13.8 Å². The molecule has 0 atom stereocenters. The van der Waals surface area contributed by atoms with Gasteiger partial charge in [-0.1, -0.05) is 0 Å². The van der Waals surface area contributed by atoms with Gasteiger partial charge in [-0.15, -0.1) is 0 Å². The van der Waals surface area contributed by atoms with Crippen molar-refractivity contribution in [1.82, 2.24) is 4.98 Å². The molecular formula is C14H14BrF3N2. The highest BCUT2D eigenvalue weighted by molar-refractivity contribution is 9.10. The van der Waals surface area contributed by atoms with Gasteiger partial charge in [-0.2, -0.15) is 13.2 Å². The molecule has 1 aromatic carbocycles. The van der Waals surface area contributed by atoms with Gasteiger partial charge in [0.25, 0.3) is 0 Å². The van der Waals surface area contributed by atoms with E-state index in [2.05, 4.69) is 26.2 Å². The third-order valence-electron chi connectivity index (χ3n) is 3.05. The Labute approximate surface area is 123 Å². The highest BCUT2D eigenvalue weighted by atomic mass is 79.9. The van der Waals surface area contributed by atoms with E-state index in [0.717, 1.165) is 5.56 Å². The molecule has 1 N–H and O–H groups in total. The minimum absolute atomic E-state index is 0.129. The average Bonchev–Trinajstić information content (AvgIpc) is 2.31. The van der Waals surface area contributed by atoms with Gasteiger partial charge in [-0.25, -0.2) is 4.98 Å². The zero-order chi connectivity index (χ0) is 15.1. The number of anilines is 1. The first-order valence-electron chi connectivity index (χ1n) is 6.17. The molecule has 0 aliphatic rings. The number of pyridine rings is 1. The fraction of sp³-hybridized carbons (Fsp3) is 0.357. The van der Waals surface area contributed by atoms with Gasteiger partial charge in [0.05, 0.1) is 5.52 Å². The van der Waals surface area contributed by atoms with Crippen LogP contribution >= 0.6 is 15.9 Å². The summed E-state index contributed by atoms with van der Waals surface area (Å²) in [5, 5.41) is 3.72. The molecule has 2 rings (SSSR count). The molecule has 0 aliphatic heterocycles. The molecule has 1 aromatic heterocycles. The van der Waals surface area contributed by atoms with Crippen LogP contribution in [0.5, 0.6) is 0 Å². The lowest BCUT2D eigenvalue weighted by Gasteiger charge is -2.18. The molecule has 0 aliphatic carbocycles. The smallest absolute Gasteiger partial charge is 0.385 e. The first-order valence-corrected chi connectivity index (χ1v) is 6.96. The van der Waals surface area contributed by atoms with Gasteiger partial charge in [0.1, 0.15) is 5.69 Å². The summed E-state index contributed by atoms with van der Waals surface area (Å²) < 4.78 is 39.9. The van der Waals surface area contributed by atoms with Gasteiger partial charge in [0.2, 0.25) is 0 Å². The van der Waals surface area contributed by atoms with E-state index in [1.54, 1.807) is 6.07 Å². The molecule has 0 saturated heterocycles. The average molecular weight is 347 g/mol. The second-order valence-electron chi connectivity index (χ2n) is 4.63. The SMILES string of the molecule is CCNc1c(C)c(C(F)(F)F)nc2c(Br)cc(C)cc12. The molecule has 0 radical (unpaired) electrons. The lowest BCUT2D eigenvalue weighted by Crippen LogP contribution is -2.13. The number of alkyl halides is 3. The van der Waals surface area contributed by atoms with E-state index in [1.807, 2.05) is 19.9 Å². The lowest BCUT2D eigenvalue weighted by molar-refractivity contribution is -0.141. The normalized spacial score (nSPS) is 11.9. The van der Waals surface area contributed by atoms with Gasteiger partial charge < -0.3 is 5.32 Å². The third kappa shape index (κ3) is 2.61. The summed E-state index contributed by atoms with van der Waals surface area (Å²) in [6.07, 6.45) is -4.47. The summed E-state index contributed by atoms with van der Waals surface area (Å²) in [6.45, 7) is 5.74. The van der Waals surface area contributed by atoms with Crippen LogP contribution < -0.4 is 5.32 Å². The minimum Gasteiger partial charge on any atom is -0.385 e. The number of rotatable bonds is 2. The molecule has 20 heavy (non-hydrogen) atoms. The van der Waals surface area contributed by atoms with Gasteiger partial charge in [-0.05, 0) is 54.4 Å². The highest BCUT2D eigenvalue weighted by Gasteiger charge is 2.36. The van der Waals surface area contributed by atoms with Gasteiger partial charge >= 0.3 is 6.18 Å². The van der Waals surface area contributed by atoms with Crippen LogP contribution in [0.25, 0.3) is 10.9 Å². The second-order valence-corrected chi connectivity index (χ2v) is 5.49. The first-order chi connectivity index (χ1) is 9.25. The fourth-order valence-corrected chi connectivity index (χ4v) is 2.90. The first kappa shape index (κ1) is 15.1. The molecule has 6 heteroatoms. The number of nitrogens with zero attached hydrogens (tertiary/aromatic N) is 1. The van der Waals surface area contributed by atoms with Crippen molar-refractivity contribution >= 4 is 32.5 Å². The van der Waals surface area contributed by atoms with E-state index in [0.29, 0.717) is 27.6 Å². The number of hydrogen-bond acceptors (Lipinski definition) is 2. The second kappa shape index (κ2) is 5.24. The number of fused-ring (bicyclic) bond motifs is 1. The molecule has 2 aromatic rings. The third-order valence-corrected chi connectivity index (χ3v) is 3.66. The molecule has 0 saturated carbocycles. The van der Waals surface area contributed by atoms with Crippen molar-refractivity contribution in [2.45, 2.75) is 26.9 Å². The highest BCUT2D eigenvalue weighted by Crippen LogP contribution is 2.39. The molecule has 0 amide bonds. The van der Waals surface area contributed by atoms with Gasteiger partial charge in [0.15, 0.2) is 0 Å². The summed E-state index contributed by atoms with van der Waals surface area (Å²) in [5.41, 5.74) is 1.07. The van der Waals surface area contributed by atoms with Crippen LogP contribution in [-0.4, -0.2) is 11.5 Å². The van der Waals surface area contributed by atoms with Crippen LogP contribution in [0.1, 0.15) is 23.7 Å². The number of benzene rings is 1. The van der Waals surface area contributed by atoms with E-state index in [1.165, 1.54) is 6.92 Å². The Morgan fingerprint density at radius 3 is 2.45 bits per heavy atom. The Bertz CT molecular complexity index is 666. The minimum atomic E-state index is -4.47. The maximum Gasteiger partial charge on any atom is 0.433 e. The predicted octanol–water partition coefficient (Wildman–Crippen LogP) is 5.06. The van der Waals surface area contributed by atoms with Crippen molar-refractivity contribution in [1.29, 1.82) is 0 Å². The Morgan fingerprint density at radius 1 is 1.25 bits per heavy atom. The van der Waals surface area contributed by atoms with Crippen molar-refractivity contribution in [2.24, 2.45) is 0 Å². The molecule has 0 fully saturated rings. The van der Waals surface area contributed by atoms with E-state index in [-0.39, 0.29) is 5.56 Å². The lowest BCUT2D eigenvalue weighted by atomic mass is 10.0. The zero-order valence-corrected chi connectivity index (χ0v) is 12.9. The Balaban J connectivity index is 2.91. The molecule has 0 bridgehead atoms. The number of halogens is 4. The van der Waals surface area contributed by atoms with Crippen LogP contribution in [0.3, 0.4) is 0 Å². The summed E-state index contributed by atoms with van der Waals surface area (Å²) in [6, 6.07) is 3.61. The molecule has 2 nitrogen and oxygen atoms in total. The maximum atomic E-state index is 13.1. The maximum absolute atomic E-state index is 13.1. The van der Waals surface area contributed by atoms with Crippen molar-refractivity contribution in [2.75, 3.05) is 11.9 Å². The van der Waals surface area contributed by atoms with E-state index in [9.17, 15) is 13.2 Å². The molecule has 108 valence electrons. The quantitative estimate of drug-likeness (QED) is 0.821. The Morgan fingerprint density at radius 2 is 1.90 bits per heavy atom. The number of nitrogens with one attached hydrogen (secondary N) is 1. The van der Waals surface area contributed by atoms with E-state index in [4.69, 9.17) is 0 Å². The predicted molar refractivity (Wildman–Crippen MR) is 78.1 cm³/mol. The number of hydrogen-bond donors (Lipinski definition) is 1. The van der Waals surface area contributed by atoms with Gasteiger partial charge in [0, 0.05) is 27.7 Å². The zero-order valence-electron chi connectivity index (χ0n) is 11.3. The monoisotopic (exact) mass is 346 g/mol. The Kier molecular flexibility index (Phi) is 3.95. The summed E-state index contributed by atoms with van der Waals surface area (Å²) in [7, 11) is 0. The summed E-state index contributed by atoms with van der Waals surface area (Å²) in [5.74, 6) is 0. The summed E-state index contributed by atoms with van der Waals surface area (Å²) in [4.78, 5) is 3.82. The number of aromatic nitrogens is 1. The van der Waals surface area contributed by atoms with Crippen molar-refractivity contribution in [3.8, 4) is 0 Å². The van der Waals surface area contributed by atoms with Crippen molar-refractivity contribution < 1.29 is 13.2 Å². The van der Waals surface area contributed by atoms with Crippen LogP contribution in [0.2, 0.25) is 0 Å². The topological polar surface area (TPSA) is 24.9 Å². The number of aryl methyl sites for hydroxylation is 1. The molecular weight excluding hydrogens is 333 g/mol. The molecule has 0 spiro atoms. The largest absolute Gasteiger partial charge is 0.433 e. The van der Waals surface area contributed by atoms with Crippen LogP contribution in [0.4, 0.5) is 18.9 Å². The van der Waals surface area contributed by atoms with Crippen LogP contribution in [-0.2, 0) is 6.18 Å². The van der Waals surface area contributed by atoms with Crippen molar-refractivity contribution in [3.63, 3.8) is 0 Å². The van der Waals surface area contributed by atoms with Crippen molar-refractivity contribution in [3.05, 3.63) is 33.4 Å². The summed E-state index contributed by atoms with van der Waals surface area (Å²) >= 11 is 3.30. The standard InChI is InChI=1S/C14H14BrF3N2/c1-4-19-11-8(3)13(14(16,17)18)20-12-9(11)5-7(2)6-10(12)15/h5-6H,4H2,1-3H3,(H,19,20). The molecule has 0 unspecified atom stereocenters. The van der Waals surface area contributed by atoms with Gasteiger partial charge in [-0.3, -0.25) is 0 Å². The Hall–Kier alpha value is -1.30. The fourth-order valence-electron chi connectivity index (χ4n) is 2.24. The van der Waals surface area contributed by atoms with E-state index >= 15 is 0 Å². The molecule has 1 heterocycles. The van der Waals surface area contributed by atoms with Crippen LogP contribution in [0.15, 0.2) is 16.6 Å².